The maximum Gasteiger partial charge on any atom is 0.330 e. The van der Waals surface area contributed by atoms with Crippen molar-refractivity contribution in [2.75, 3.05) is 45.9 Å². The van der Waals surface area contributed by atoms with Crippen LogP contribution in [0.1, 0.15) is 114 Å². The van der Waals surface area contributed by atoms with Crippen molar-refractivity contribution >= 4 is 50.9 Å². The Hall–Kier alpha value is -7.70. The fourth-order valence-electron chi connectivity index (χ4n) is 6.26. The molecule has 0 saturated heterocycles. The van der Waals surface area contributed by atoms with Gasteiger partial charge in [0.1, 0.15) is 23.0 Å². The van der Waals surface area contributed by atoms with E-state index in [1.54, 1.807) is 24.3 Å². The third-order valence-corrected chi connectivity index (χ3v) is 11.0. The summed E-state index contributed by atoms with van der Waals surface area (Å²) < 4.78 is 51.6. The van der Waals surface area contributed by atoms with Gasteiger partial charge in [-0.15, -0.1) is 0 Å². The van der Waals surface area contributed by atoms with Crippen molar-refractivity contribution in [3.8, 4) is 23.0 Å². The molecule has 0 radical (unpaired) electrons. The van der Waals surface area contributed by atoms with Crippen LogP contribution in [0.5, 0.6) is 23.0 Å². The third kappa shape index (κ3) is 28.1. The molecule has 76 heavy (non-hydrogen) atoms. The van der Waals surface area contributed by atoms with Gasteiger partial charge in [-0.05, 0) is 184 Å². The second kappa shape index (κ2) is 37.9. The standard InChI is InChI=1S/C32H40N2O6.C18H20N2O2.C8H14O5S/c1-5-29(25-13-17-27(18-14-25)37-21-9-11-23-39-31(35)7-3)33-34-30(6-2)26-15-19-28(20-16-26)38-22-10-12-24-40-32(36)8-4;1-3-17(13-5-9-15(21)10-6-13)19-20-18(4-2)14-7-11-16(22)12-8-14;1-3-8(9)12-6-4-5-7-13-14(2,10)11/h7-8,13-20H,3-6,9-12,21-24H2,1-2H3;5-12,21-22H,3-4H2,1-2H3;3H,1,4-7H2,2H3/b33-29+,34-30+;19-17+,20-18+;. The maximum absolute atomic E-state index is 11.0. The zero-order valence-electron chi connectivity index (χ0n) is 44.5. The zero-order chi connectivity index (χ0) is 56.0. The van der Waals surface area contributed by atoms with Crippen LogP contribution in [0, 0.1) is 0 Å². The number of unbranched alkanes of at least 4 members (excludes halogenated alkanes) is 3. The molecule has 0 atom stereocenters. The molecule has 0 spiro atoms. The van der Waals surface area contributed by atoms with Crippen molar-refractivity contribution in [2.45, 2.75) is 91.9 Å². The number of carbonyl (C=O) groups is 3. The Morgan fingerprint density at radius 3 is 0.934 bits per heavy atom. The van der Waals surface area contributed by atoms with Crippen molar-refractivity contribution in [1.82, 2.24) is 0 Å². The zero-order valence-corrected chi connectivity index (χ0v) is 45.3. The molecule has 4 rings (SSSR count). The number of hydrogen-bond donors (Lipinski definition) is 2. The van der Waals surface area contributed by atoms with Crippen molar-refractivity contribution in [3.63, 3.8) is 0 Å². The molecule has 0 unspecified atom stereocenters. The predicted octanol–water partition coefficient (Wildman–Crippen LogP) is 11.1. The number of rotatable bonds is 31. The summed E-state index contributed by atoms with van der Waals surface area (Å²) in [6, 6.07) is 29.6. The van der Waals surface area contributed by atoms with E-state index in [0.717, 1.165) is 132 Å². The lowest BCUT2D eigenvalue weighted by Gasteiger charge is -2.09. The van der Waals surface area contributed by atoms with Crippen molar-refractivity contribution in [3.05, 3.63) is 157 Å². The Balaban J connectivity index is 0.000000455. The number of esters is 3. The molecule has 2 N–H and O–H groups in total. The van der Waals surface area contributed by atoms with Crippen LogP contribution in [0.25, 0.3) is 0 Å². The molecule has 0 heterocycles. The Morgan fingerprint density at radius 2 is 0.684 bits per heavy atom. The largest absolute Gasteiger partial charge is 0.508 e. The molecule has 4 aromatic carbocycles. The van der Waals surface area contributed by atoms with Gasteiger partial charge in [-0.2, -0.15) is 28.8 Å². The van der Waals surface area contributed by atoms with Gasteiger partial charge >= 0.3 is 17.9 Å². The van der Waals surface area contributed by atoms with Crippen LogP contribution in [0.4, 0.5) is 0 Å². The molecule has 0 saturated carbocycles. The smallest absolute Gasteiger partial charge is 0.330 e. The van der Waals surface area contributed by atoms with Gasteiger partial charge in [0, 0.05) is 18.2 Å². The second-order valence-electron chi connectivity index (χ2n) is 16.2. The molecule has 18 heteroatoms. The van der Waals surface area contributed by atoms with E-state index in [2.05, 4.69) is 62.9 Å². The minimum Gasteiger partial charge on any atom is -0.508 e. The molecular formula is C58H74N4O13S. The van der Waals surface area contributed by atoms with Gasteiger partial charge in [0.25, 0.3) is 10.1 Å². The molecule has 0 aromatic heterocycles. The Morgan fingerprint density at radius 1 is 0.434 bits per heavy atom. The van der Waals surface area contributed by atoms with Crippen LogP contribution >= 0.6 is 0 Å². The number of nitrogens with zero attached hydrogens (tertiary/aromatic N) is 4. The molecular weight excluding hydrogens is 993 g/mol. The van der Waals surface area contributed by atoms with E-state index in [0.29, 0.717) is 39.3 Å². The summed E-state index contributed by atoms with van der Waals surface area (Å²) in [5.74, 6) is 0.740. The minimum absolute atomic E-state index is 0.116. The first-order chi connectivity index (χ1) is 36.6. The van der Waals surface area contributed by atoms with Gasteiger partial charge in [0.2, 0.25) is 0 Å². The van der Waals surface area contributed by atoms with Crippen LogP contribution in [0.15, 0.2) is 155 Å². The number of phenolic OH excluding ortho intramolecular Hbond substituents is 2. The highest BCUT2D eigenvalue weighted by molar-refractivity contribution is 7.85. The normalized spacial score (nSPS) is 11.6. The molecule has 0 amide bonds. The van der Waals surface area contributed by atoms with E-state index in [1.165, 1.54) is 0 Å². The van der Waals surface area contributed by atoms with Crippen molar-refractivity contribution in [2.24, 2.45) is 20.4 Å². The van der Waals surface area contributed by atoms with E-state index in [9.17, 15) is 33.0 Å². The number of carbonyl (C=O) groups excluding carboxylic acids is 3. The van der Waals surface area contributed by atoms with Crippen LogP contribution in [0.3, 0.4) is 0 Å². The van der Waals surface area contributed by atoms with Gasteiger partial charge in [-0.1, -0.05) is 47.4 Å². The fourth-order valence-corrected chi connectivity index (χ4v) is 6.68. The van der Waals surface area contributed by atoms with Gasteiger partial charge in [-0.25, -0.2) is 14.4 Å². The predicted molar refractivity (Wildman–Crippen MR) is 299 cm³/mol. The summed E-state index contributed by atoms with van der Waals surface area (Å²) in [5.41, 5.74) is 7.40. The Labute approximate surface area is 448 Å². The molecule has 0 aliphatic rings. The molecule has 4 aromatic rings. The Kier molecular flexibility index (Phi) is 32.2. The molecule has 0 aliphatic carbocycles. The summed E-state index contributed by atoms with van der Waals surface area (Å²) in [6.45, 7) is 20.3. The first kappa shape index (κ1) is 64.4. The quantitative estimate of drug-likeness (QED) is 0.00909. The lowest BCUT2D eigenvalue weighted by atomic mass is 10.1. The maximum atomic E-state index is 11.0. The highest BCUT2D eigenvalue weighted by atomic mass is 32.2. The van der Waals surface area contributed by atoms with Gasteiger partial charge in [0.05, 0.1) is 68.7 Å². The molecule has 410 valence electrons. The van der Waals surface area contributed by atoms with Gasteiger partial charge in [-0.3, -0.25) is 4.18 Å². The van der Waals surface area contributed by atoms with E-state index in [4.69, 9.17) is 18.9 Å². The monoisotopic (exact) mass is 1070 g/mol. The number of aromatic hydroxyl groups is 2. The minimum atomic E-state index is -3.36. The van der Waals surface area contributed by atoms with Gasteiger partial charge in [0.15, 0.2) is 0 Å². The SMILES string of the molecule is C=CC(=O)OCCCCOS(C)(=O)=O.C=CC(=O)OCCCCOc1ccc(/C(CC)=N/N=C(\CC)c2ccc(OCCCCOC(=O)C=C)cc2)cc1.CC/C(=N\N=C(/CC)c1ccc(O)cc1)c1ccc(O)cc1. The van der Waals surface area contributed by atoms with E-state index < -0.39 is 28.0 Å². The van der Waals surface area contributed by atoms with Crippen LogP contribution in [-0.4, -0.2) is 105 Å². The fraction of sp³-hybridized carbons (Fsp3) is 0.362. The van der Waals surface area contributed by atoms with Crippen LogP contribution in [-0.2, 0) is 42.9 Å². The summed E-state index contributed by atoms with van der Waals surface area (Å²) in [4.78, 5) is 32.6. The second-order valence-corrected chi connectivity index (χ2v) is 17.8. The highest BCUT2D eigenvalue weighted by Crippen LogP contribution is 2.18. The van der Waals surface area contributed by atoms with Crippen molar-refractivity contribution in [1.29, 1.82) is 0 Å². The van der Waals surface area contributed by atoms with Gasteiger partial charge < -0.3 is 33.9 Å². The van der Waals surface area contributed by atoms with Crippen LogP contribution < -0.4 is 9.47 Å². The summed E-state index contributed by atoms with van der Waals surface area (Å²) >= 11 is 0. The molecule has 0 bridgehead atoms. The van der Waals surface area contributed by atoms with Crippen LogP contribution in [0.2, 0.25) is 0 Å². The highest BCUT2D eigenvalue weighted by Gasteiger charge is 2.08. The first-order valence-electron chi connectivity index (χ1n) is 25.1. The molecule has 0 fully saturated rings. The summed E-state index contributed by atoms with van der Waals surface area (Å²) in [5, 5.41) is 36.6. The number of ether oxygens (including phenoxy) is 5. The summed E-state index contributed by atoms with van der Waals surface area (Å²) in [6.07, 6.45) is 11.5. The lowest BCUT2D eigenvalue weighted by Crippen LogP contribution is -2.06. The van der Waals surface area contributed by atoms with Crippen molar-refractivity contribution < 1.29 is 60.9 Å². The average Bonchev–Trinajstić information content (AvgIpc) is 3.43. The number of phenols is 2. The lowest BCUT2D eigenvalue weighted by molar-refractivity contribution is -0.138. The number of benzene rings is 4. The third-order valence-electron chi connectivity index (χ3n) is 10.4. The average molecular weight is 1070 g/mol. The molecule has 0 aliphatic heterocycles. The molecule has 17 nitrogen and oxygen atoms in total. The Bertz CT molecular complexity index is 2480. The first-order valence-corrected chi connectivity index (χ1v) is 27.0. The topological polar surface area (TPSA) is 231 Å². The van der Waals surface area contributed by atoms with E-state index in [-0.39, 0.29) is 24.7 Å². The number of hydrogen-bond acceptors (Lipinski definition) is 17. The summed E-state index contributed by atoms with van der Waals surface area (Å²) in [7, 11) is -3.36. The van der Waals surface area contributed by atoms with E-state index >= 15 is 0 Å². The van der Waals surface area contributed by atoms with E-state index in [1.807, 2.05) is 86.6 Å².